The van der Waals surface area contributed by atoms with Gasteiger partial charge in [-0.2, -0.15) is 0 Å². The van der Waals surface area contributed by atoms with E-state index in [1.54, 1.807) is 36.4 Å². The number of nitrogens with zero attached hydrogens (tertiary/aromatic N) is 1. The average Bonchev–Trinajstić information content (AvgIpc) is 3.13. The fraction of sp³-hybridized carbons (Fsp3) is 0.103. The number of Topliss-reactive ketones (excluding diaryl/α,β-unsaturated/α-hetero) is 1. The van der Waals surface area contributed by atoms with Gasteiger partial charge in [0.25, 0.3) is 11.7 Å². The average molecular weight is 518 g/mol. The van der Waals surface area contributed by atoms with Crippen LogP contribution in [0.15, 0.2) is 84.4 Å². The van der Waals surface area contributed by atoms with E-state index in [-0.39, 0.29) is 27.7 Å². The molecular weight excluding hydrogens is 497 g/mol. The zero-order valence-electron chi connectivity index (χ0n) is 19.5. The highest BCUT2D eigenvalue weighted by Gasteiger charge is 2.47. The summed E-state index contributed by atoms with van der Waals surface area (Å²) in [5.41, 5.74) is 2.12. The monoisotopic (exact) mass is 517 g/mol. The number of methoxy groups -OCH3 is 1. The van der Waals surface area contributed by atoms with E-state index >= 15 is 0 Å². The molecule has 1 aliphatic rings. The summed E-state index contributed by atoms with van der Waals surface area (Å²) >= 11 is 12.5. The van der Waals surface area contributed by atoms with Gasteiger partial charge < -0.3 is 9.84 Å². The maximum atomic E-state index is 13.6. The number of hydrogen-bond donors (Lipinski definition) is 1. The molecule has 1 amide bonds. The Labute approximate surface area is 218 Å². The zero-order chi connectivity index (χ0) is 25.6. The number of aliphatic hydroxyl groups is 1. The zero-order valence-corrected chi connectivity index (χ0v) is 21.0. The summed E-state index contributed by atoms with van der Waals surface area (Å²) in [7, 11) is 1.43. The van der Waals surface area contributed by atoms with E-state index in [2.05, 4.69) is 0 Å². The molecule has 0 aromatic heterocycles. The molecule has 1 unspecified atom stereocenters. The lowest BCUT2D eigenvalue weighted by Gasteiger charge is -2.26. The van der Waals surface area contributed by atoms with Gasteiger partial charge in [0, 0.05) is 10.7 Å². The van der Waals surface area contributed by atoms with Crippen LogP contribution in [-0.2, 0) is 9.59 Å². The second-order valence-electron chi connectivity index (χ2n) is 8.54. The van der Waals surface area contributed by atoms with Crippen LogP contribution in [0, 0.1) is 6.92 Å². The minimum atomic E-state index is -0.902. The first-order valence-electron chi connectivity index (χ1n) is 11.2. The summed E-state index contributed by atoms with van der Waals surface area (Å²) in [6, 6.07) is 22.5. The molecule has 5 nitrogen and oxygen atoms in total. The van der Waals surface area contributed by atoms with Gasteiger partial charge in [0.2, 0.25) is 0 Å². The van der Waals surface area contributed by atoms with Gasteiger partial charge in [0.05, 0.1) is 29.3 Å². The quantitative estimate of drug-likeness (QED) is 0.178. The fourth-order valence-electron chi connectivity index (χ4n) is 4.74. The van der Waals surface area contributed by atoms with Gasteiger partial charge >= 0.3 is 0 Å². The van der Waals surface area contributed by atoms with Crippen molar-refractivity contribution in [2.24, 2.45) is 0 Å². The first-order chi connectivity index (χ1) is 17.3. The molecule has 1 saturated heterocycles. The molecule has 0 bridgehead atoms. The lowest BCUT2D eigenvalue weighted by atomic mass is 9.91. The minimum Gasteiger partial charge on any atom is -0.507 e. The van der Waals surface area contributed by atoms with E-state index in [0.717, 1.165) is 16.3 Å². The maximum absolute atomic E-state index is 13.6. The number of benzene rings is 4. The second kappa shape index (κ2) is 9.34. The first kappa shape index (κ1) is 23.9. The largest absolute Gasteiger partial charge is 0.507 e. The Morgan fingerprint density at radius 1 is 0.944 bits per heavy atom. The summed E-state index contributed by atoms with van der Waals surface area (Å²) in [6.07, 6.45) is 0. The topological polar surface area (TPSA) is 66.8 Å². The highest BCUT2D eigenvalue weighted by Crippen LogP contribution is 2.46. The summed E-state index contributed by atoms with van der Waals surface area (Å²) in [5, 5.41) is 14.2. The van der Waals surface area contributed by atoms with Crippen LogP contribution in [0.2, 0.25) is 10.0 Å². The third kappa shape index (κ3) is 3.91. The normalized spacial score (nSPS) is 17.1. The standard InChI is InChI=1S/C29H21Cl2NO4/c1-16-14-22(28(36-2)23(31)15-16)26(33)24-25(21-9-5-7-17-6-3-4-8-20(17)21)32(29(35)27(24)34)19-12-10-18(30)11-13-19/h3-15,25,33H,1-2H3/b26-24+. The van der Waals surface area contributed by atoms with Gasteiger partial charge in [-0.3, -0.25) is 14.5 Å². The highest BCUT2D eigenvalue weighted by atomic mass is 35.5. The minimum absolute atomic E-state index is 0.0498. The lowest BCUT2D eigenvalue weighted by Crippen LogP contribution is -2.29. The molecule has 5 rings (SSSR count). The molecule has 0 aliphatic carbocycles. The first-order valence-corrected chi connectivity index (χ1v) is 12.0. The molecule has 1 fully saturated rings. The number of hydrogen-bond acceptors (Lipinski definition) is 4. The van der Waals surface area contributed by atoms with Crippen LogP contribution in [0.4, 0.5) is 5.69 Å². The Balaban J connectivity index is 1.84. The van der Waals surface area contributed by atoms with Crippen LogP contribution in [0.5, 0.6) is 5.75 Å². The number of ether oxygens (including phenoxy) is 1. The molecule has 1 heterocycles. The third-order valence-corrected chi connectivity index (χ3v) is 6.85. The van der Waals surface area contributed by atoms with E-state index in [1.807, 2.05) is 49.4 Å². The van der Waals surface area contributed by atoms with Crippen molar-refractivity contribution >= 4 is 57.1 Å². The Morgan fingerprint density at radius 3 is 2.36 bits per heavy atom. The van der Waals surface area contributed by atoms with Crippen LogP contribution < -0.4 is 9.64 Å². The van der Waals surface area contributed by atoms with E-state index < -0.39 is 17.7 Å². The summed E-state index contributed by atoms with van der Waals surface area (Å²) in [5.74, 6) is -1.70. The Bertz CT molecular complexity index is 1550. The molecule has 4 aromatic rings. The van der Waals surface area contributed by atoms with E-state index in [4.69, 9.17) is 27.9 Å². The van der Waals surface area contributed by atoms with Crippen LogP contribution in [0.3, 0.4) is 0 Å². The highest BCUT2D eigenvalue weighted by molar-refractivity contribution is 6.52. The fourth-order valence-corrected chi connectivity index (χ4v) is 5.22. The van der Waals surface area contributed by atoms with E-state index in [9.17, 15) is 14.7 Å². The van der Waals surface area contributed by atoms with Crippen LogP contribution in [0.25, 0.3) is 16.5 Å². The number of anilines is 1. The molecule has 1 aliphatic heterocycles. The van der Waals surface area contributed by atoms with Crippen LogP contribution >= 0.6 is 23.2 Å². The van der Waals surface area contributed by atoms with Crippen molar-refractivity contribution in [3.63, 3.8) is 0 Å². The molecule has 4 aromatic carbocycles. The van der Waals surface area contributed by atoms with Crippen LogP contribution in [0.1, 0.15) is 22.7 Å². The summed E-state index contributed by atoms with van der Waals surface area (Å²) < 4.78 is 5.46. The van der Waals surface area contributed by atoms with Crippen molar-refractivity contribution in [1.82, 2.24) is 0 Å². The Hall–Kier alpha value is -3.80. The molecule has 180 valence electrons. The number of ketones is 1. The van der Waals surface area contributed by atoms with Gasteiger partial charge in [-0.25, -0.2) is 0 Å². The van der Waals surface area contributed by atoms with E-state index in [0.29, 0.717) is 16.3 Å². The van der Waals surface area contributed by atoms with E-state index in [1.165, 1.54) is 12.0 Å². The number of carbonyl (C=O) groups is 2. The Kier molecular flexibility index (Phi) is 6.20. The summed E-state index contributed by atoms with van der Waals surface area (Å²) in [4.78, 5) is 28.4. The van der Waals surface area contributed by atoms with Crippen molar-refractivity contribution in [2.75, 3.05) is 12.0 Å². The van der Waals surface area contributed by atoms with Gasteiger partial charge in [-0.1, -0.05) is 65.7 Å². The SMILES string of the molecule is COc1c(Cl)cc(C)cc1/C(O)=C1\C(=O)C(=O)N(c2ccc(Cl)cc2)C1c1cccc2ccccc12. The third-order valence-electron chi connectivity index (χ3n) is 6.31. The van der Waals surface area contributed by atoms with Gasteiger partial charge in [-0.05, 0) is 65.2 Å². The van der Waals surface area contributed by atoms with Crippen molar-refractivity contribution in [1.29, 1.82) is 0 Å². The molecular formula is C29H21Cl2NO4. The van der Waals surface area contributed by atoms with Gasteiger partial charge in [-0.15, -0.1) is 0 Å². The Morgan fingerprint density at radius 2 is 1.64 bits per heavy atom. The summed E-state index contributed by atoms with van der Waals surface area (Å²) in [6.45, 7) is 1.82. The number of carbonyl (C=O) groups excluding carboxylic acids is 2. The smallest absolute Gasteiger partial charge is 0.300 e. The molecule has 1 N–H and O–H groups in total. The van der Waals surface area contributed by atoms with Crippen molar-refractivity contribution in [2.45, 2.75) is 13.0 Å². The molecule has 0 radical (unpaired) electrons. The van der Waals surface area contributed by atoms with Crippen molar-refractivity contribution in [3.05, 3.63) is 111 Å². The predicted octanol–water partition coefficient (Wildman–Crippen LogP) is 7.09. The molecule has 7 heteroatoms. The molecule has 1 atom stereocenters. The van der Waals surface area contributed by atoms with Gasteiger partial charge in [0.1, 0.15) is 11.5 Å². The second-order valence-corrected chi connectivity index (χ2v) is 9.39. The van der Waals surface area contributed by atoms with Gasteiger partial charge in [0.15, 0.2) is 0 Å². The number of amides is 1. The molecule has 36 heavy (non-hydrogen) atoms. The van der Waals surface area contributed by atoms with Crippen molar-refractivity contribution < 1.29 is 19.4 Å². The number of rotatable bonds is 4. The number of fused-ring (bicyclic) bond motifs is 1. The molecule has 0 saturated carbocycles. The van der Waals surface area contributed by atoms with Crippen LogP contribution in [-0.4, -0.2) is 23.9 Å². The lowest BCUT2D eigenvalue weighted by molar-refractivity contribution is -0.132. The number of halogens is 2. The predicted molar refractivity (Wildman–Crippen MR) is 143 cm³/mol. The molecule has 0 spiro atoms. The maximum Gasteiger partial charge on any atom is 0.300 e. The number of aliphatic hydroxyl groups excluding tert-OH is 1. The number of aryl methyl sites for hydroxylation is 1. The van der Waals surface area contributed by atoms with Crippen molar-refractivity contribution in [3.8, 4) is 5.75 Å².